The van der Waals surface area contributed by atoms with Crippen molar-refractivity contribution >= 4 is 17.5 Å². The summed E-state index contributed by atoms with van der Waals surface area (Å²) in [6.07, 6.45) is 2.78. The lowest BCUT2D eigenvalue weighted by Crippen LogP contribution is -2.52. The third-order valence-corrected chi connectivity index (χ3v) is 7.51. The van der Waals surface area contributed by atoms with Crippen molar-refractivity contribution in [3.63, 3.8) is 0 Å². The summed E-state index contributed by atoms with van der Waals surface area (Å²) in [7, 11) is 0. The SMILES string of the molecule is [2H]c1c(C([2H])([2H])[2H])nc2nc(C([2H])([2H])C3C(=O)C[C@](CCc4cc(CC)nc(CC)c4)(C4CCCC4)OC3=O)nn2c1C([2H])([2H])[2H]. The Labute approximate surface area is 230 Å². The molecule has 0 amide bonds. The topological polar surface area (TPSA) is 99.3 Å². The zero-order valence-corrected chi connectivity index (χ0v) is 21.1. The number of Topliss-reactive ketones (excluding diaryl/α,β-unsaturated/α-hetero) is 1. The molecule has 0 spiro atoms. The van der Waals surface area contributed by atoms with Gasteiger partial charge in [0.05, 0.1) is 1.37 Å². The molecule has 5 rings (SSSR count). The molecule has 196 valence electrons. The lowest BCUT2D eigenvalue weighted by Gasteiger charge is -2.43. The summed E-state index contributed by atoms with van der Waals surface area (Å²) in [6.45, 7) is -1.96. The number of ether oxygens (including phenoxy) is 1. The second-order valence-corrected chi connectivity index (χ2v) is 9.93. The molecular weight excluding hydrogens is 466 g/mol. The molecule has 0 radical (unpaired) electrons. The highest BCUT2D eigenvalue weighted by molar-refractivity contribution is 6.01. The molecule has 0 N–H and O–H groups in total. The molecule has 3 aromatic heterocycles. The number of aromatic nitrogens is 5. The van der Waals surface area contributed by atoms with Gasteiger partial charge >= 0.3 is 5.97 Å². The van der Waals surface area contributed by atoms with Gasteiger partial charge in [0.15, 0.2) is 11.6 Å². The van der Waals surface area contributed by atoms with Gasteiger partial charge in [-0.25, -0.2) is 9.50 Å². The smallest absolute Gasteiger partial charge is 0.317 e. The van der Waals surface area contributed by atoms with Gasteiger partial charge in [-0.3, -0.25) is 14.6 Å². The minimum absolute atomic E-state index is 0.0708. The zero-order chi connectivity index (χ0) is 33.8. The number of carbonyl (C=O) groups is 2. The average Bonchev–Trinajstić information content (AvgIpc) is 3.65. The Bertz CT molecular complexity index is 1620. The lowest BCUT2D eigenvalue weighted by molar-refractivity contribution is -0.185. The molecule has 37 heavy (non-hydrogen) atoms. The zero-order valence-electron chi connectivity index (χ0n) is 30.1. The summed E-state index contributed by atoms with van der Waals surface area (Å²) < 4.78 is 79.4. The molecule has 2 fully saturated rings. The van der Waals surface area contributed by atoms with E-state index in [0.717, 1.165) is 55.5 Å². The third kappa shape index (κ3) is 5.15. The van der Waals surface area contributed by atoms with Crippen LogP contribution in [0.1, 0.15) is 98.9 Å². The number of ketones is 1. The fourth-order valence-corrected chi connectivity index (χ4v) is 5.58. The molecular formula is C29H37N5O3. The van der Waals surface area contributed by atoms with E-state index in [2.05, 4.69) is 20.1 Å². The van der Waals surface area contributed by atoms with Gasteiger partial charge in [-0.2, -0.15) is 4.98 Å². The number of pyridine rings is 1. The van der Waals surface area contributed by atoms with Gasteiger partial charge < -0.3 is 4.74 Å². The summed E-state index contributed by atoms with van der Waals surface area (Å²) in [6, 6.07) is 3.13. The van der Waals surface area contributed by atoms with Crippen LogP contribution < -0.4 is 0 Å². The Balaban J connectivity index is 1.50. The summed E-state index contributed by atoms with van der Waals surface area (Å²) in [5.41, 5.74) is 0.147. The van der Waals surface area contributed by atoms with Crippen LogP contribution in [0.15, 0.2) is 18.2 Å². The van der Waals surface area contributed by atoms with Gasteiger partial charge in [-0.05, 0) is 81.9 Å². The summed E-state index contributed by atoms with van der Waals surface area (Å²) in [5.74, 6) is -5.09. The van der Waals surface area contributed by atoms with Crippen molar-refractivity contribution in [2.24, 2.45) is 11.8 Å². The van der Waals surface area contributed by atoms with E-state index in [4.69, 9.17) is 17.1 Å². The maximum atomic E-state index is 13.9. The Morgan fingerprint density at radius 3 is 2.54 bits per heavy atom. The van der Waals surface area contributed by atoms with Gasteiger partial charge in [0, 0.05) is 46.5 Å². The maximum absolute atomic E-state index is 13.9. The molecule has 2 aliphatic rings. The van der Waals surface area contributed by atoms with Crippen LogP contribution in [0.3, 0.4) is 0 Å². The van der Waals surface area contributed by atoms with E-state index in [1.54, 1.807) is 0 Å². The third-order valence-electron chi connectivity index (χ3n) is 7.51. The number of rotatable bonds is 8. The number of fused-ring (bicyclic) bond motifs is 1. The first-order valence-electron chi connectivity index (χ1n) is 17.4. The fourth-order valence-electron chi connectivity index (χ4n) is 5.58. The molecule has 1 aliphatic carbocycles. The van der Waals surface area contributed by atoms with Crippen LogP contribution in [0.25, 0.3) is 5.78 Å². The summed E-state index contributed by atoms with van der Waals surface area (Å²) >= 11 is 0. The molecule has 2 atom stereocenters. The highest BCUT2D eigenvalue weighted by Gasteiger charge is 2.51. The van der Waals surface area contributed by atoms with Crippen LogP contribution in [-0.4, -0.2) is 41.9 Å². The fraction of sp³-hybridized carbons (Fsp3) is 0.586. The number of nitrogens with zero attached hydrogens (tertiary/aromatic N) is 5. The van der Waals surface area contributed by atoms with Crippen LogP contribution in [0.4, 0.5) is 0 Å². The summed E-state index contributed by atoms with van der Waals surface area (Å²) in [5, 5.41) is 3.94. The van der Waals surface area contributed by atoms with Crippen molar-refractivity contribution in [3.8, 4) is 0 Å². The highest BCUT2D eigenvalue weighted by atomic mass is 16.6. The van der Waals surface area contributed by atoms with Gasteiger partial charge in [-0.15, -0.1) is 5.10 Å². The quantitative estimate of drug-likeness (QED) is 0.324. The Hall–Kier alpha value is -3.16. The molecule has 0 aromatic carbocycles. The lowest BCUT2D eigenvalue weighted by atomic mass is 9.73. The van der Waals surface area contributed by atoms with E-state index in [9.17, 15) is 9.59 Å². The number of hydrogen-bond acceptors (Lipinski definition) is 7. The van der Waals surface area contributed by atoms with Crippen LogP contribution in [0.2, 0.25) is 0 Å². The Kier molecular flexibility index (Phi) is 4.63. The largest absolute Gasteiger partial charge is 0.458 e. The normalized spacial score (nSPS) is 27.3. The molecule has 8 heteroatoms. The van der Waals surface area contributed by atoms with Crippen molar-refractivity contribution in [1.29, 1.82) is 0 Å². The van der Waals surface area contributed by atoms with E-state index < -0.39 is 72.4 Å². The minimum Gasteiger partial charge on any atom is -0.458 e. The number of carbonyl (C=O) groups excluding carboxylic acids is 2. The van der Waals surface area contributed by atoms with E-state index >= 15 is 0 Å². The predicted molar refractivity (Wildman–Crippen MR) is 139 cm³/mol. The van der Waals surface area contributed by atoms with Crippen LogP contribution in [-0.2, 0) is 40.0 Å². The minimum atomic E-state index is -3.04. The monoisotopic (exact) mass is 512 g/mol. The average molecular weight is 513 g/mol. The van der Waals surface area contributed by atoms with Crippen molar-refractivity contribution in [2.45, 2.75) is 97.3 Å². The molecule has 1 aliphatic heterocycles. The number of cyclic esters (lactones) is 1. The van der Waals surface area contributed by atoms with Gasteiger partial charge in [0.25, 0.3) is 5.78 Å². The molecule has 1 unspecified atom stereocenters. The maximum Gasteiger partial charge on any atom is 0.317 e. The van der Waals surface area contributed by atoms with Crippen LogP contribution >= 0.6 is 0 Å². The molecule has 4 heterocycles. The van der Waals surface area contributed by atoms with Crippen molar-refractivity contribution in [3.05, 3.63) is 52.3 Å². The van der Waals surface area contributed by atoms with E-state index in [-0.39, 0.29) is 12.3 Å². The molecule has 1 saturated heterocycles. The Morgan fingerprint density at radius 1 is 1.14 bits per heavy atom. The number of aryl methyl sites for hydroxylation is 5. The van der Waals surface area contributed by atoms with Crippen molar-refractivity contribution in [2.75, 3.05) is 0 Å². The molecule has 8 nitrogen and oxygen atoms in total. The summed E-state index contributed by atoms with van der Waals surface area (Å²) in [4.78, 5) is 40.0. The first kappa shape index (κ1) is 16.6. The van der Waals surface area contributed by atoms with Crippen molar-refractivity contribution < 1.29 is 26.7 Å². The highest BCUT2D eigenvalue weighted by Crippen LogP contribution is 2.45. The van der Waals surface area contributed by atoms with Crippen LogP contribution in [0.5, 0.6) is 0 Å². The van der Waals surface area contributed by atoms with E-state index in [1.807, 2.05) is 26.0 Å². The Morgan fingerprint density at radius 2 is 1.89 bits per heavy atom. The standard InChI is InChI=1S/C29H37N5O3/c1-5-22-14-20(15-23(6-2)31-22)11-12-29(21-9-7-8-10-21)17-25(35)24(27(36)37-29)16-26-32-28-30-18(3)13-19(4)34(28)33-26/h13-15,21,24H,5-12,16-17H2,1-4H3/t24?,29-/m1/s1/i3D3,4D3,13D,16D2. The second-order valence-electron chi connectivity index (χ2n) is 9.93. The van der Waals surface area contributed by atoms with E-state index in [1.165, 1.54) is 0 Å². The molecule has 1 saturated carbocycles. The number of hydrogen-bond donors (Lipinski definition) is 0. The first-order valence-corrected chi connectivity index (χ1v) is 12.9. The second kappa shape index (κ2) is 10.3. The predicted octanol–water partition coefficient (Wildman–Crippen LogP) is 4.50. The number of esters is 1. The van der Waals surface area contributed by atoms with Gasteiger partial charge in [0.2, 0.25) is 0 Å². The van der Waals surface area contributed by atoms with Crippen LogP contribution in [0, 0.1) is 25.5 Å². The molecule has 0 bridgehead atoms. The van der Waals surface area contributed by atoms with Crippen molar-refractivity contribution in [1.82, 2.24) is 24.6 Å². The molecule has 3 aromatic rings. The first-order chi connectivity index (χ1) is 21.4. The van der Waals surface area contributed by atoms with E-state index in [0.29, 0.717) is 17.4 Å². The van der Waals surface area contributed by atoms with Gasteiger partial charge in [0.1, 0.15) is 11.5 Å². The van der Waals surface area contributed by atoms with Gasteiger partial charge in [-0.1, -0.05) is 26.7 Å².